The molecule has 0 aliphatic carbocycles. The summed E-state index contributed by atoms with van der Waals surface area (Å²) >= 11 is 0. The van der Waals surface area contributed by atoms with E-state index < -0.39 is 11.5 Å². The molecule has 1 atom stereocenters. The van der Waals surface area contributed by atoms with Crippen molar-refractivity contribution in [1.82, 2.24) is 20.2 Å². The smallest absolute Gasteiger partial charge is 0.331 e. The molecule has 0 fully saturated rings. The largest absolute Gasteiger partial charge is 0.479 e. The van der Waals surface area contributed by atoms with Crippen molar-refractivity contribution < 1.29 is 9.90 Å². The number of carboxylic acids is 1. The van der Waals surface area contributed by atoms with E-state index in [-0.39, 0.29) is 0 Å². The lowest BCUT2D eigenvalue weighted by Gasteiger charge is -2.24. The van der Waals surface area contributed by atoms with Crippen molar-refractivity contribution in [3.05, 3.63) is 41.2 Å². The van der Waals surface area contributed by atoms with Gasteiger partial charge >= 0.3 is 5.97 Å². The van der Waals surface area contributed by atoms with Gasteiger partial charge in [0.15, 0.2) is 11.4 Å². The first-order valence-corrected chi connectivity index (χ1v) is 7.04. The number of rotatable bonds is 6. The maximum Gasteiger partial charge on any atom is 0.331 e. The highest BCUT2D eigenvalue weighted by Crippen LogP contribution is 2.21. The predicted octanol–water partition coefficient (Wildman–Crippen LogP) is 1.98. The van der Waals surface area contributed by atoms with Crippen LogP contribution in [-0.4, -0.2) is 31.3 Å². The summed E-state index contributed by atoms with van der Waals surface area (Å²) in [6, 6.07) is 8.13. The van der Waals surface area contributed by atoms with E-state index in [2.05, 4.69) is 34.6 Å². The minimum atomic E-state index is -1.11. The Labute approximate surface area is 123 Å². The van der Waals surface area contributed by atoms with Gasteiger partial charge in [-0.15, -0.1) is 5.10 Å². The molecule has 21 heavy (non-hydrogen) atoms. The summed E-state index contributed by atoms with van der Waals surface area (Å²) < 4.78 is 1.44. The van der Waals surface area contributed by atoms with E-state index in [1.807, 2.05) is 19.1 Å². The highest BCUT2D eigenvalue weighted by Gasteiger charge is 2.36. The molecule has 0 radical (unpaired) electrons. The maximum atomic E-state index is 11.5. The number of hydrogen-bond donors (Lipinski definition) is 1. The molecule has 2 rings (SSSR count). The third-order valence-electron chi connectivity index (χ3n) is 4.03. The van der Waals surface area contributed by atoms with Crippen LogP contribution in [0.5, 0.6) is 0 Å². The van der Waals surface area contributed by atoms with Crippen molar-refractivity contribution >= 4 is 5.97 Å². The normalized spacial score (nSPS) is 13.9. The van der Waals surface area contributed by atoms with E-state index in [9.17, 15) is 9.90 Å². The van der Waals surface area contributed by atoms with Crippen molar-refractivity contribution in [2.24, 2.45) is 0 Å². The Hall–Kier alpha value is -2.24. The van der Waals surface area contributed by atoms with Gasteiger partial charge in [0, 0.05) is 6.42 Å². The van der Waals surface area contributed by atoms with Crippen LogP contribution in [0.25, 0.3) is 0 Å². The number of carbonyl (C=O) groups is 1. The van der Waals surface area contributed by atoms with E-state index in [1.54, 1.807) is 6.92 Å². The number of carboxylic acid groups (broad SMARTS) is 1. The summed E-state index contributed by atoms with van der Waals surface area (Å²) in [5.74, 6) is -0.320. The summed E-state index contributed by atoms with van der Waals surface area (Å²) in [5.41, 5.74) is 1.33. The lowest BCUT2D eigenvalue weighted by Crippen LogP contribution is -2.40. The summed E-state index contributed by atoms with van der Waals surface area (Å²) in [6.07, 6.45) is 1.82. The van der Waals surface area contributed by atoms with Gasteiger partial charge in [-0.25, -0.2) is 9.48 Å². The molecule has 1 aromatic heterocycles. The summed E-state index contributed by atoms with van der Waals surface area (Å²) in [4.78, 5) is 11.5. The predicted molar refractivity (Wildman–Crippen MR) is 78.0 cm³/mol. The molecule has 0 bridgehead atoms. The van der Waals surface area contributed by atoms with E-state index in [0.29, 0.717) is 18.7 Å². The number of hydrogen-bond acceptors (Lipinski definition) is 4. The Morgan fingerprint density at radius 3 is 2.67 bits per heavy atom. The van der Waals surface area contributed by atoms with Crippen LogP contribution in [0.15, 0.2) is 24.3 Å². The Kier molecular flexibility index (Phi) is 4.35. The molecule has 6 heteroatoms. The van der Waals surface area contributed by atoms with Crippen LogP contribution in [0.4, 0.5) is 0 Å². The van der Waals surface area contributed by atoms with Gasteiger partial charge < -0.3 is 5.11 Å². The SMILES string of the molecule is CCC(C)(C(=O)O)n1nnnc1CCc1ccccc1C. The molecule has 6 nitrogen and oxygen atoms in total. The zero-order chi connectivity index (χ0) is 15.5. The first kappa shape index (κ1) is 15.2. The lowest BCUT2D eigenvalue weighted by atomic mass is 9.98. The Bertz CT molecular complexity index is 638. The molecular formula is C15H20N4O2. The van der Waals surface area contributed by atoms with Crippen LogP contribution < -0.4 is 0 Å². The van der Waals surface area contributed by atoms with Crippen LogP contribution in [0, 0.1) is 6.92 Å². The van der Waals surface area contributed by atoms with E-state index in [1.165, 1.54) is 15.8 Å². The Balaban J connectivity index is 2.22. The molecule has 1 heterocycles. The van der Waals surface area contributed by atoms with Crippen LogP contribution in [0.2, 0.25) is 0 Å². The second-order valence-corrected chi connectivity index (χ2v) is 5.37. The number of nitrogens with zero attached hydrogens (tertiary/aromatic N) is 4. The van der Waals surface area contributed by atoms with E-state index in [0.717, 1.165) is 6.42 Å². The number of aliphatic carboxylic acids is 1. The fourth-order valence-corrected chi connectivity index (χ4v) is 2.27. The van der Waals surface area contributed by atoms with Gasteiger partial charge in [-0.05, 0) is 48.2 Å². The average molecular weight is 288 g/mol. The first-order valence-electron chi connectivity index (χ1n) is 7.04. The average Bonchev–Trinajstić information content (AvgIpc) is 2.94. The second kappa shape index (κ2) is 6.03. The molecule has 0 spiro atoms. The molecule has 1 aromatic carbocycles. The molecule has 1 N–H and O–H groups in total. The molecule has 0 aliphatic heterocycles. The molecule has 0 saturated heterocycles. The van der Waals surface area contributed by atoms with Gasteiger partial charge in [-0.1, -0.05) is 31.2 Å². The molecule has 2 aromatic rings. The van der Waals surface area contributed by atoms with Gasteiger partial charge in [-0.2, -0.15) is 0 Å². The number of tetrazole rings is 1. The third kappa shape index (κ3) is 2.94. The van der Waals surface area contributed by atoms with E-state index >= 15 is 0 Å². The maximum absolute atomic E-state index is 11.5. The first-order chi connectivity index (χ1) is 9.99. The fourth-order valence-electron chi connectivity index (χ4n) is 2.27. The molecule has 112 valence electrons. The Morgan fingerprint density at radius 2 is 2.05 bits per heavy atom. The number of benzene rings is 1. The van der Waals surface area contributed by atoms with Crippen LogP contribution >= 0.6 is 0 Å². The van der Waals surface area contributed by atoms with Gasteiger partial charge in [0.1, 0.15) is 0 Å². The number of aryl methyl sites for hydroxylation is 3. The van der Waals surface area contributed by atoms with Gasteiger partial charge in [0.2, 0.25) is 0 Å². The van der Waals surface area contributed by atoms with Crippen LogP contribution in [0.3, 0.4) is 0 Å². The number of aromatic nitrogens is 4. The zero-order valence-electron chi connectivity index (χ0n) is 12.6. The van der Waals surface area contributed by atoms with Crippen LogP contribution in [0.1, 0.15) is 37.2 Å². The van der Waals surface area contributed by atoms with E-state index in [4.69, 9.17) is 0 Å². The Morgan fingerprint density at radius 1 is 1.33 bits per heavy atom. The van der Waals surface area contributed by atoms with Crippen LogP contribution in [-0.2, 0) is 23.2 Å². The molecule has 1 unspecified atom stereocenters. The van der Waals surface area contributed by atoms with Crippen molar-refractivity contribution in [1.29, 1.82) is 0 Å². The highest BCUT2D eigenvalue weighted by atomic mass is 16.4. The molecule has 0 aliphatic rings. The highest BCUT2D eigenvalue weighted by molar-refractivity contribution is 5.76. The van der Waals surface area contributed by atoms with Crippen molar-refractivity contribution in [2.75, 3.05) is 0 Å². The second-order valence-electron chi connectivity index (χ2n) is 5.37. The summed E-state index contributed by atoms with van der Waals surface area (Å²) in [7, 11) is 0. The topological polar surface area (TPSA) is 80.9 Å². The minimum absolute atomic E-state index is 0.421. The molecular weight excluding hydrogens is 268 g/mol. The monoisotopic (exact) mass is 288 g/mol. The van der Waals surface area contributed by atoms with Gasteiger partial charge in [0.25, 0.3) is 0 Å². The summed E-state index contributed by atoms with van der Waals surface area (Å²) in [6.45, 7) is 5.52. The molecule has 0 amide bonds. The standard InChI is InChI=1S/C15H20N4O2/c1-4-15(3,14(20)21)19-13(16-17-18-19)10-9-12-8-6-5-7-11(12)2/h5-8H,4,9-10H2,1-3H3,(H,20,21). The third-order valence-corrected chi connectivity index (χ3v) is 4.03. The molecule has 0 saturated carbocycles. The van der Waals surface area contributed by atoms with Crippen molar-refractivity contribution in [3.63, 3.8) is 0 Å². The fraction of sp³-hybridized carbons (Fsp3) is 0.467. The van der Waals surface area contributed by atoms with Crippen molar-refractivity contribution in [3.8, 4) is 0 Å². The van der Waals surface area contributed by atoms with Gasteiger partial charge in [-0.3, -0.25) is 0 Å². The lowest BCUT2D eigenvalue weighted by molar-refractivity contribution is -0.147. The quantitative estimate of drug-likeness (QED) is 0.879. The van der Waals surface area contributed by atoms with Gasteiger partial charge in [0.05, 0.1) is 0 Å². The minimum Gasteiger partial charge on any atom is -0.479 e. The van der Waals surface area contributed by atoms with Crippen molar-refractivity contribution in [2.45, 2.75) is 45.6 Å². The zero-order valence-corrected chi connectivity index (χ0v) is 12.6. The summed E-state index contributed by atoms with van der Waals surface area (Å²) in [5, 5.41) is 21.0.